The Balaban J connectivity index is 1.12. The van der Waals surface area contributed by atoms with Gasteiger partial charge in [-0.3, -0.25) is 0 Å². The summed E-state index contributed by atoms with van der Waals surface area (Å²) in [7, 11) is 0. The van der Waals surface area contributed by atoms with Crippen molar-refractivity contribution in [2.24, 2.45) is 0 Å². The summed E-state index contributed by atoms with van der Waals surface area (Å²) < 4.78 is 14.2. The molecule has 0 aliphatic rings. The highest BCUT2D eigenvalue weighted by Gasteiger charge is 2.20. The van der Waals surface area contributed by atoms with E-state index in [2.05, 4.69) is 179 Å². The van der Waals surface area contributed by atoms with Crippen molar-refractivity contribution in [3.63, 3.8) is 0 Å². The van der Waals surface area contributed by atoms with E-state index in [0.717, 1.165) is 38.9 Å². The van der Waals surface area contributed by atoms with Crippen molar-refractivity contribution in [1.29, 1.82) is 0 Å². The molecular formula is C48H28N2OS. The highest BCUT2D eigenvalue weighted by Crippen LogP contribution is 2.45. The Morgan fingerprint density at radius 3 is 1.75 bits per heavy atom. The number of para-hydroxylation sites is 4. The van der Waals surface area contributed by atoms with Crippen LogP contribution in [0, 0.1) is 0 Å². The number of nitrogens with zero attached hydrogens (tertiary/aromatic N) is 2. The molecule has 12 aromatic rings. The summed E-state index contributed by atoms with van der Waals surface area (Å²) in [6.07, 6.45) is 0. The van der Waals surface area contributed by atoms with Crippen LogP contribution in [-0.4, -0.2) is 9.13 Å². The lowest BCUT2D eigenvalue weighted by Gasteiger charge is -2.10. The van der Waals surface area contributed by atoms with E-state index in [1.807, 2.05) is 11.3 Å². The van der Waals surface area contributed by atoms with Crippen molar-refractivity contribution in [3.8, 4) is 22.5 Å². The van der Waals surface area contributed by atoms with E-state index in [1.165, 1.54) is 69.3 Å². The predicted molar refractivity (Wildman–Crippen MR) is 221 cm³/mol. The summed E-state index contributed by atoms with van der Waals surface area (Å²) in [4.78, 5) is 0. The minimum absolute atomic E-state index is 0.891. The highest BCUT2D eigenvalue weighted by molar-refractivity contribution is 7.26. The molecule has 12 rings (SSSR count). The Labute approximate surface area is 301 Å². The van der Waals surface area contributed by atoms with Crippen molar-refractivity contribution in [3.05, 3.63) is 170 Å². The molecule has 52 heavy (non-hydrogen) atoms. The smallest absolute Gasteiger partial charge is 0.143 e. The van der Waals surface area contributed by atoms with E-state index in [0.29, 0.717) is 0 Å². The van der Waals surface area contributed by atoms with Gasteiger partial charge in [0.1, 0.15) is 11.2 Å². The van der Waals surface area contributed by atoms with Crippen molar-refractivity contribution >= 4 is 97.1 Å². The molecule has 0 atom stereocenters. The first kappa shape index (κ1) is 28.1. The second-order valence-electron chi connectivity index (χ2n) is 13.7. The van der Waals surface area contributed by atoms with Gasteiger partial charge >= 0.3 is 0 Å². The van der Waals surface area contributed by atoms with E-state index < -0.39 is 0 Å². The molecule has 3 nitrogen and oxygen atoms in total. The number of hydrogen-bond donors (Lipinski definition) is 0. The average Bonchev–Trinajstić information content (AvgIpc) is 3.94. The molecule has 0 spiro atoms. The molecule has 4 aromatic heterocycles. The van der Waals surface area contributed by atoms with Gasteiger partial charge in [-0.2, -0.15) is 0 Å². The summed E-state index contributed by atoms with van der Waals surface area (Å²) in [6.45, 7) is 0. The van der Waals surface area contributed by atoms with Crippen LogP contribution in [0.2, 0.25) is 0 Å². The van der Waals surface area contributed by atoms with Crippen molar-refractivity contribution < 1.29 is 4.42 Å². The van der Waals surface area contributed by atoms with Gasteiger partial charge in [-0.25, -0.2) is 0 Å². The molecule has 0 saturated heterocycles. The molecule has 0 aliphatic heterocycles. The number of benzene rings is 8. The standard InChI is InChI=1S/C48H28N2OS/c1-2-12-29(13-3-1)49-41-21-7-4-14-31(41)38-27-39-32-15-5-8-22-42(32)50(44(39)28-43(38)49)30-24-25-45-40(26-30)35-18-10-17-34(47(35)51-45)37-20-11-19-36-33-16-6-9-23-46(33)52-48(36)37/h1-28H. The van der Waals surface area contributed by atoms with E-state index in [9.17, 15) is 0 Å². The van der Waals surface area contributed by atoms with Gasteiger partial charge in [-0.05, 0) is 60.7 Å². The zero-order chi connectivity index (χ0) is 33.9. The van der Waals surface area contributed by atoms with Gasteiger partial charge in [0.25, 0.3) is 0 Å². The average molecular weight is 681 g/mol. The predicted octanol–water partition coefficient (Wildman–Crippen LogP) is 13.8. The Kier molecular flexibility index (Phi) is 5.65. The fraction of sp³-hybridized carbons (Fsp3) is 0. The second-order valence-corrected chi connectivity index (χ2v) is 14.7. The lowest BCUT2D eigenvalue weighted by molar-refractivity contribution is 0.670. The molecule has 0 amide bonds. The normalized spacial score (nSPS) is 12.2. The minimum Gasteiger partial charge on any atom is -0.455 e. The SMILES string of the molecule is c1ccc(-n2c3ccccc3c3cc4c5ccccc5n(-c5ccc6oc7c(-c8cccc9c8sc8ccccc89)cccc7c6c5)c4cc32)cc1. The van der Waals surface area contributed by atoms with Crippen molar-refractivity contribution in [2.45, 2.75) is 0 Å². The molecule has 0 saturated carbocycles. The molecule has 0 N–H and O–H groups in total. The Bertz CT molecular complexity index is 3410. The van der Waals surface area contributed by atoms with Crippen LogP contribution in [0.15, 0.2) is 174 Å². The zero-order valence-electron chi connectivity index (χ0n) is 27.9. The van der Waals surface area contributed by atoms with E-state index >= 15 is 0 Å². The fourth-order valence-corrected chi connectivity index (χ4v) is 9.89. The molecule has 4 heterocycles. The topological polar surface area (TPSA) is 23.0 Å². The Morgan fingerprint density at radius 1 is 0.365 bits per heavy atom. The first-order valence-electron chi connectivity index (χ1n) is 17.7. The van der Waals surface area contributed by atoms with Crippen molar-refractivity contribution in [2.75, 3.05) is 0 Å². The van der Waals surface area contributed by atoms with Gasteiger partial charge in [0, 0.05) is 75.0 Å². The van der Waals surface area contributed by atoms with Crippen LogP contribution in [0.1, 0.15) is 0 Å². The number of rotatable bonds is 3. The summed E-state index contributed by atoms with van der Waals surface area (Å²) in [5.74, 6) is 0. The van der Waals surface area contributed by atoms with Gasteiger partial charge < -0.3 is 13.6 Å². The molecular weight excluding hydrogens is 653 g/mol. The van der Waals surface area contributed by atoms with E-state index in [1.54, 1.807) is 0 Å². The molecule has 0 aliphatic carbocycles. The van der Waals surface area contributed by atoms with Crippen LogP contribution in [0.5, 0.6) is 0 Å². The van der Waals surface area contributed by atoms with Crippen LogP contribution in [-0.2, 0) is 0 Å². The minimum atomic E-state index is 0.891. The monoisotopic (exact) mass is 680 g/mol. The zero-order valence-corrected chi connectivity index (χ0v) is 28.7. The number of aromatic nitrogens is 2. The first-order valence-corrected chi connectivity index (χ1v) is 18.5. The Hall–Kier alpha value is -6.62. The second kappa shape index (κ2) is 10.5. The maximum absolute atomic E-state index is 6.76. The molecule has 8 aromatic carbocycles. The molecule has 0 unspecified atom stereocenters. The maximum atomic E-state index is 6.76. The van der Waals surface area contributed by atoms with E-state index in [-0.39, 0.29) is 0 Å². The van der Waals surface area contributed by atoms with Crippen LogP contribution in [0.25, 0.3) is 108 Å². The first-order chi connectivity index (χ1) is 25.8. The summed E-state index contributed by atoms with van der Waals surface area (Å²) in [5, 5.41) is 9.84. The van der Waals surface area contributed by atoms with Gasteiger partial charge in [0.05, 0.1) is 22.1 Å². The molecule has 4 heteroatoms. The lowest BCUT2D eigenvalue weighted by Crippen LogP contribution is -1.95. The third-order valence-corrected chi connectivity index (χ3v) is 12.1. The molecule has 242 valence electrons. The third-order valence-electron chi connectivity index (χ3n) is 10.9. The largest absolute Gasteiger partial charge is 0.455 e. The van der Waals surface area contributed by atoms with Crippen LogP contribution in [0.4, 0.5) is 0 Å². The number of hydrogen-bond acceptors (Lipinski definition) is 2. The third kappa shape index (κ3) is 3.79. The van der Waals surface area contributed by atoms with Gasteiger partial charge in [-0.1, -0.05) is 109 Å². The van der Waals surface area contributed by atoms with Gasteiger partial charge in [0.15, 0.2) is 0 Å². The number of thiophene rings is 1. The fourth-order valence-electron chi connectivity index (χ4n) is 8.66. The van der Waals surface area contributed by atoms with Crippen LogP contribution < -0.4 is 0 Å². The lowest BCUT2D eigenvalue weighted by atomic mass is 10.00. The summed E-state index contributed by atoms with van der Waals surface area (Å²) in [6, 6.07) is 61.6. The maximum Gasteiger partial charge on any atom is 0.143 e. The van der Waals surface area contributed by atoms with Gasteiger partial charge in [0.2, 0.25) is 0 Å². The van der Waals surface area contributed by atoms with Crippen molar-refractivity contribution in [1.82, 2.24) is 9.13 Å². The van der Waals surface area contributed by atoms with E-state index in [4.69, 9.17) is 4.42 Å². The molecule has 0 radical (unpaired) electrons. The van der Waals surface area contributed by atoms with Crippen LogP contribution in [0.3, 0.4) is 0 Å². The Morgan fingerprint density at radius 2 is 0.981 bits per heavy atom. The summed E-state index contributed by atoms with van der Waals surface area (Å²) in [5.41, 5.74) is 11.2. The highest BCUT2D eigenvalue weighted by atomic mass is 32.1. The summed E-state index contributed by atoms with van der Waals surface area (Å²) >= 11 is 1.86. The van der Waals surface area contributed by atoms with Crippen LogP contribution >= 0.6 is 11.3 Å². The number of furan rings is 1. The molecule has 0 fully saturated rings. The quantitative estimate of drug-likeness (QED) is 0.182. The van der Waals surface area contributed by atoms with Gasteiger partial charge in [-0.15, -0.1) is 11.3 Å². The molecule has 0 bridgehead atoms. The number of fused-ring (bicyclic) bond motifs is 12.